The SMILES string of the molecule is O=C(NCc1cc(F)c(-n2cnc(OCc3ccc(F)cc3F)c(Cl)c2=O)c(F)c1)C1CCCN1. The number of ether oxygens (including phenoxy) is 1. The maximum Gasteiger partial charge on any atom is 0.280 e. The minimum absolute atomic E-state index is 0.0167. The van der Waals surface area contributed by atoms with Gasteiger partial charge in [0.1, 0.15) is 30.3 Å². The first kappa shape index (κ1) is 24.7. The van der Waals surface area contributed by atoms with Crippen LogP contribution in [0.15, 0.2) is 41.5 Å². The lowest BCUT2D eigenvalue weighted by Gasteiger charge is -2.14. The molecule has 0 bridgehead atoms. The van der Waals surface area contributed by atoms with Crippen molar-refractivity contribution in [2.75, 3.05) is 6.54 Å². The van der Waals surface area contributed by atoms with Crippen molar-refractivity contribution in [3.8, 4) is 11.6 Å². The summed E-state index contributed by atoms with van der Waals surface area (Å²) in [6.07, 6.45) is 2.37. The molecule has 35 heavy (non-hydrogen) atoms. The number of nitrogens with zero attached hydrogens (tertiary/aromatic N) is 2. The van der Waals surface area contributed by atoms with E-state index >= 15 is 0 Å². The first-order valence-electron chi connectivity index (χ1n) is 10.6. The summed E-state index contributed by atoms with van der Waals surface area (Å²) < 4.78 is 62.2. The Hall–Kier alpha value is -3.44. The van der Waals surface area contributed by atoms with Crippen molar-refractivity contribution in [2.45, 2.75) is 32.0 Å². The Labute approximate surface area is 201 Å². The molecule has 4 rings (SSSR count). The highest BCUT2D eigenvalue weighted by molar-refractivity contribution is 6.31. The minimum atomic E-state index is -1.07. The lowest BCUT2D eigenvalue weighted by Crippen LogP contribution is -2.40. The van der Waals surface area contributed by atoms with Gasteiger partial charge >= 0.3 is 0 Å². The molecule has 0 saturated carbocycles. The molecule has 1 aliphatic rings. The van der Waals surface area contributed by atoms with Crippen LogP contribution >= 0.6 is 11.6 Å². The molecule has 2 aromatic carbocycles. The van der Waals surface area contributed by atoms with Crippen LogP contribution in [0.2, 0.25) is 5.02 Å². The largest absolute Gasteiger partial charge is 0.471 e. The van der Waals surface area contributed by atoms with Gasteiger partial charge in [0.05, 0.1) is 6.04 Å². The number of aromatic nitrogens is 2. The highest BCUT2D eigenvalue weighted by Crippen LogP contribution is 2.23. The van der Waals surface area contributed by atoms with Crippen LogP contribution in [0.4, 0.5) is 17.6 Å². The molecular weight excluding hydrogens is 492 g/mol. The van der Waals surface area contributed by atoms with E-state index in [9.17, 15) is 27.2 Å². The molecule has 184 valence electrons. The molecule has 0 aliphatic carbocycles. The molecule has 1 amide bonds. The standard InChI is InChI=1S/C23H19ClF4N4O3/c24-19-22(35-10-13-3-4-14(25)8-15(13)26)31-11-32(23(19)34)20-16(27)6-12(7-17(20)28)9-30-21(33)18-2-1-5-29-18/h3-4,6-8,11,18,29H,1-2,5,9-10H2,(H,30,33). The number of rotatable bonds is 7. The van der Waals surface area contributed by atoms with Gasteiger partial charge < -0.3 is 15.4 Å². The van der Waals surface area contributed by atoms with Gasteiger partial charge in [0.15, 0.2) is 16.7 Å². The molecule has 1 aromatic heterocycles. The molecular formula is C23H19ClF4N4O3. The number of carbonyl (C=O) groups is 1. The molecule has 2 N–H and O–H groups in total. The summed E-state index contributed by atoms with van der Waals surface area (Å²) in [5, 5.41) is 5.05. The second-order valence-corrected chi connectivity index (χ2v) is 8.22. The first-order chi connectivity index (χ1) is 16.7. The van der Waals surface area contributed by atoms with Crippen LogP contribution in [0.5, 0.6) is 5.88 Å². The zero-order chi connectivity index (χ0) is 25.1. The smallest absolute Gasteiger partial charge is 0.280 e. The maximum absolute atomic E-state index is 14.8. The minimum Gasteiger partial charge on any atom is -0.471 e. The van der Waals surface area contributed by atoms with Crippen molar-refractivity contribution in [3.63, 3.8) is 0 Å². The van der Waals surface area contributed by atoms with Crippen LogP contribution < -0.4 is 20.9 Å². The van der Waals surface area contributed by atoms with Crippen LogP contribution in [0.3, 0.4) is 0 Å². The second kappa shape index (κ2) is 10.4. The Bertz CT molecular complexity index is 1310. The Balaban J connectivity index is 1.51. The van der Waals surface area contributed by atoms with Crippen LogP contribution in [-0.4, -0.2) is 28.0 Å². The third-order valence-electron chi connectivity index (χ3n) is 5.43. The topological polar surface area (TPSA) is 85.2 Å². The summed E-state index contributed by atoms with van der Waals surface area (Å²) in [5.74, 6) is -4.44. The van der Waals surface area contributed by atoms with Gasteiger partial charge in [-0.05, 0) is 49.2 Å². The number of benzene rings is 2. The fraction of sp³-hybridized carbons (Fsp3) is 0.261. The number of carbonyl (C=O) groups excluding carboxylic acids is 1. The van der Waals surface area contributed by atoms with Crippen LogP contribution in [0.25, 0.3) is 5.69 Å². The quantitative estimate of drug-likeness (QED) is 0.476. The third kappa shape index (κ3) is 5.46. The van der Waals surface area contributed by atoms with E-state index in [2.05, 4.69) is 15.6 Å². The third-order valence-corrected chi connectivity index (χ3v) is 5.75. The predicted molar refractivity (Wildman–Crippen MR) is 118 cm³/mol. The Morgan fingerprint density at radius 1 is 1.17 bits per heavy atom. The summed E-state index contributed by atoms with van der Waals surface area (Å²) in [6.45, 7) is 0.210. The maximum atomic E-state index is 14.8. The van der Waals surface area contributed by atoms with Crippen molar-refractivity contribution < 1.29 is 27.1 Å². The molecule has 2 heterocycles. The highest BCUT2D eigenvalue weighted by Gasteiger charge is 2.23. The van der Waals surface area contributed by atoms with Crippen molar-refractivity contribution in [1.29, 1.82) is 0 Å². The van der Waals surface area contributed by atoms with Gasteiger partial charge in [-0.3, -0.25) is 14.2 Å². The molecule has 7 nitrogen and oxygen atoms in total. The van der Waals surface area contributed by atoms with Gasteiger partial charge in [0.25, 0.3) is 5.56 Å². The molecule has 1 fully saturated rings. The number of hydrogen-bond acceptors (Lipinski definition) is 5. The number of amides is 1. The number of hydrogen-bond donors (Lipinski definition) is 2. The molecule has 3 aromatic rings. The average molecular weight is 511 g/mol. The summed E-state index contributed by atoms with van der Waals surface area (Å²) in [4.78, 5) is 28.5. The number of halogens is 5. The molecule has 0 radical (unpaired) electrons. The number of nitrogens with one attached hydrogen (secondary N) is 2. The van der Waals surface area contributed by atoms with Crippen LogP contribution in [0.1, 0.15) is 24.0 Å². The molecule has 1 atom stereocenters. The first-order valence-corrected chi connectivity index (χ1v) is 11.0. The Kier molecular flexibility index (Phi) is 7.37. The fourth-order valence-electron chi connectivity index (χ4n) is 3.63. The van der Waals surface area contributed by atoms with Crippen molar-refractivity contribution in [1.82, 2.24) is 20.2 Å². The summed E-state index contributed by atoms with van der Waals surface area (Å²) in [7, 11) is 0. The predicted octanol–water partition coefficient (Wildman–Crippen LogP) is 3.39. The Morgan fingerprint density at radius 2 is 1.91 bits per heavy atom. The summed E-state index contributed by atoms with van der Waals surface area (Å²) >= 11 is 5.99. The second-order valence-electron chi connectivity index (χ2n) is 7.84. The van der Waals surface area contributed by atoms with E-state index in [1.165, 1.54) is 0 Å². The molecule has 1 unspecified atom stereocenters. The molecule has 1 saturated heterocycles. The van der Waals surface area contributed by atoms with Gasteiger partial charge in [-0.25, -0.2) is 22.5 Å². The molecule has 1 aliphatic heterocycles. The Morgan fingerprint density at radius 3 is 2.57 bits per heavy atom. The zero-order valence-corrected chi connectivity index (χ0v) is 18.8. The summed E-state index contributed by atoms with van der Waals surface area (Å²) in [6, 6.07) is 4.49. The monoisotopic (exact) mass is 510 g/mol. The molecule has 0 spiro atoms. The van der Waals surface area contributed by atoms with Gasteiger partial charge in [-0.1, -0.05) is 11.6 Å². The summed E-state index contributed by atoms with van der Waals surface area (Å²) in [5.41, 5.74) is -1.60. The van der Waals surface area contributed by atoms with Gasteiger partial charge in [-0.15, -0.1) is 0 Å². The van der Waals surface area contributed by atoms with E-state index in [0.29, 0.717) is 17.1 Å². The fourth-order valence-corrected chi connectivity index (χ4v) is 3.83. The average Bonchev–Trinajstić information content (AvgIpc) is 3.35. The van der Waals surface area contributed by atoms with E-state index < -0.39 is 52.0 Å². The van der Waals surface area contributed by atoms with Gasteiger partial charge in [0, 0.05) is 18.2 Å². The van der Waals surface area contributed by atoms with Crippen molar-refractivity contribution >= 4 is 17.5 Å². The van der Waals surface area contributed by atoms with Crippen molar-refractivity contribution in [3.05, 3.63) is 86.4 Å². The van der Waals surface area contributed by atoms with E-state index in [4.69, 9.17) is 16.3 Å². The highest BCUT2D eigenvalue weighted by atomic mass is 35.5. The van der Waals surface area contributed by atoms with Gasteiger partial charge in [-0.2, -0.15) is 0 Å². The van der Waals surface area contributed by atoms with Crippen LogP contribution in [-0.2, 0) is 17.9 Å². The van der Waals surface area contributed by atoms with Gasteiger partial charge in [0.2, 0.25) is 11.8 Å². The van der Waals surface area contributed by atoms with Crippen LogP contribution in [0, 0.1) is 23.3 Å². The van der Waals surface area contributed by atoms with Crippen molar-refractivity contribution in [2.24, 2.45) is 0 Å². The normalized spacial score (nSPS) is 15.3. The van der Waals surface area contributed by atoms with E-state index in [-0.39, 0.29) is 29.6 Å². The van der Waals surface area contributed by atoms with E-state index in [1.807, 2.05) is 0 Å². The molecule has 12 heteroatoms. The van der Waals surface area contributed by atoms with E-state index in [0.717, 1.165) is 43.6 Å². The zero-order valence-electron chi connectivity index (χ0n) is 18.1. The van der Waals surface area contributed by atoms with E-state index in [1.54, 1.807) is 0 Å². The lowest BCUT2D eigenvalue weighted by atomic mass is 10.1. The lowest BCUT2D eigenvalue weighted by molar-refractivity contribution is -0.122.